The number of hydrogen-bond acceptors (Lipinski definition) is 6. The predicted octanol–water partition coefficient (Wildman–Crippen LogP) is 2.45. The first-order valence-electron chi connectivity index (χ1n) is 8.09. The van der Waals surface area contributed by atoms with Gasteiger partial charge in [-0.1, -0.05) is 23.5 Å². The van der Waals surface area contributed by atoms with Crippen LogP contribution in [0.25, 0.3) is 10.2 Å². The van der Waals surface area contributed by atoms with Crippen molar-refractivity contribution < 1.29 is 9.53 Å². The van der Waals surface area contributed by atoms with Crippen LogP contribution in [-0.4, -0.2) is 36.1 Å². The molecule has 128 valence electrons. The summed E-state index contributed by atoms with van der Waals surface area (Å²) in [4.78, 5) is 23.1. The zero-order chi connectivity index (χ0) is 17.2. The molecule has 3 heterocycles. The van der Waals surface area contributed by atoms with Gasteiger partial charge >= 0.3 is 0 Å². The number of anilines is 1. The first-order chi connectivity index (χ1) is 12.2. The maximum absolute atomic E-state index is 12.3. The molecule has 6 nitrogen and oxygen atoms in total. The Morgan fingerprint density at radius 3 is 3.00 bits per heavy atom. The molecule has 0 spiro atoms. The van der Waals surface area contributed by atoms with Crippen LogP contribution in [0.2, 0.25) is 0 Å². The molecule has 0 aliphatic carbocycles. The van der Waals surface area contributed by atoms with Crippen molar-refractivity contribution in [2.45, 2.75) is 6.54 Å². The monoisotopic (exact) mass is 354 g/mol. The van der Waals surface area contributed by atoms with E-state index in [9.17, 15) is 4.79 Å². The average molecular weight is 354 g/mol. The molecule has 1 aliphatic rings. The minimum absolute atomic E-state index is 0.00517. The molecule has 0 radical (unpaired) electrons. The van der Waals surface area contributed by atoms with Gasteiger partial charge in [-0.25, -0.2) is 4.98 Å². The van der Waals surface area contributed by atoms with Gasteiger partial charge in [0, 0.05) is 32.0 Å². The highest BCUT2D eigenvalue weighted by molar-refractivity contribution is 7.22. The van der Waals surface area contributed by atoms with Crippen LogP contribution in [-0.2, 0) is 11.3 Å². The molecule has 2 aromatic heterocycles. The number of pyridine rings is 1. The fraction of sp³-hybridized carbons (Fsp3) is 0.278. The zero-order valence-electron chi connectivity index (χ0n) is 13.8. The number of nitrogens with zero attached hydrogens (tertiary/aromatic N) is 3. The van der Waals surface area contributed by atoms with Crippen LogP contribution in [0.4, 0.5) is 5.13 Å². The molecular weight excluding hydrogens is 336 g/mol. The number of rotatable bonds is 5. The first kappa shape index (κ1) is 15.8. The Morgan fingerprint density at radius 1 is 1.36 bits per heavy atom. The van der Waals surface area contributed by atoms with Crippen molar-refractivity contribution in [1.29, 1.82) is 0 Å². The smallest absolute Gasteiger partial charge is 0.226 e. The number of amides is 1. The molecule has 7 heteroatoms. The van der Waals surface area contributed by atoms with Gasteiger partial charge in [0.05, 0.1) is 17.7 Å². The van der Waals surface area contributed by atoms with Gasteiger partial charge in [-0.15, -0.1) is 0 Å². The number of ether oxygens (including phenoxy) is 1. The van der Waals surface area contributed by atoms with E-state index < -0.39 is 0 Å². The van der Waals surface area contributed by atoms with Gasteiger partial charge in [0.15, 0.2) is 5.13 Å². The summed E-state index contributed by atoms with van der Waals surface area (Å²) < 4.78 is 6.46. The van der Waals surface area contributed by atoms with E-state index in [4.69, 9.17) is 4.74 Å². The minimum atomic E-state index is 0.00517. The third kappa shape index (κ3) is 3.15. The number of carbonyl (C=O) groups is 1. The number of para-hydroxylation sites is 1. The average Bonchev–Trinajstić information content (AvgIpc) is 3.03. The maximum atomic E-state index is 12.3. The number of hydrogen-bond donors (Lipinski definition) is 1. The third-order valence-corrected chi connectivity index (χ3v) is 5.38. The van der Waals surface area contributed by atoms with Crippen molar-refractivity contribution in [3.8, 4) is 5.75 Å². The van der Waals surface area contributed by atoms with Crippen molar-refractivity contribution in [3.05, 3.63) is 48.3 Å². The molecule has 0 saturated carbocycles. The van der Waals surface area contributed by atoms with E-state index >= 15 is 0 Å². The van der Waals surface area contributed by atoms with Gasteiger partial charge < -0.3 is 15.0 Å². The molecule has 1 amide bonds. The van der Waals surface area contributed by atoms with E-state index in [1.807, 2.05) is 30.3 Å². The zero-order valence-corrected chi connectivity index (χ0v) is 14.6. The summed E-state index contributed by atoms with van der Waals surface area (Å²) in [6.07, 6.45) is 3.49. The van der Waals surface area contributed by atoms with Gasteiger partial charge in [-0.3, -0.25) is 9.78 Å². The summed E-state index contributed by atoms with van der Waals surface area (Å²) in [7, 11) is 1.65. The summed E-state index contributed by atoms with van der Waals surface area (Å²) in [5.41, 5.74) is 1.89. The molecule has 1 aliphatic heterocycles. The minimum Gasteiger partial charge on any atom is -0.494 e. The Balaban J connectivity index is 1.36. The Bertz CT molecular complexity index is 890. The Morgan fingerprint density at radius 2 is 2.24 bits per heavy atom. The number of fused-ring (bicyclic) bond motifs is 1. The molecule has 3 aromatic rings. The highest BCUT2D eigenvalue weighted by Gasteiger charge is 2.34. The lowest BCUT2D eigenvalue weighted by Crippen LogP contribution is -2.53. The summed E-state index contributed by atoms with van der Waals surface area (Å²) in [5.74, 6) is 0.871. The third-order valence-electron chi connectivity index (χ3n) is 4.30. The van der Waals surface area contributed by atoms with E-state index in [0.29, 0.717) is 19.6 Å². The Kier molecular flexibility index (Phi) is 4.23. The highest BCUT2D eigenvalue weighted by atomic mass is 32.1. The van der Waals surface area contributed by atoms with E-state index in [2.05, 4.69) is 20.2 Å². The lowest BCUT2D eigenvalue weighted by atomic mass is 10.00. The van der Waals surface area contributed by atoms with Gasteiger partial charge in [0.1, 0.15) is 11.3 Å². The van der Waals surface area contributed by atoms with Crippen molar-refractivity contribution in [1.82, 2.24) is 15.3 Å². The molecule has 1 N–H and O–H groups in total. The topological polar surface area (TPSA) is 67.3 Å². The maximum Gasteiger partial charge on any atom is 0.226 e. The molecule has 0 bridgehead atoms. The lowest BCUT2D eigenvalue weighted by Gasteiger charge is -2.37. The Labute approximate surface area is 149 Å². The fourth-order valence-corrected chi connectivity index (χ4v) is 3.85. The highest BCUT2D eigenvalue weighted by Crippen LogP contribution is 2.36. The van der Waals surface area contributed by atoms with Crippen LogP contribution < -0.4 is 15.0 Å². The van der Waals surface area contributed by atoms with Crippen LogP contribution in [0.5, 0.6) is 5.75 Å². The number of methoxy groups -OCH3 is 1. The summed E-state index contributed by atoms with van der Waals surface area (Å²) >= 11 is 1.63. The number of aromatic nitrogens is 2. The van der Waals surface area contributed by atoms with Crippen LogP contribution in [0.3, 0.4) is 0 Å². The van der Waals surface area contributed by atoms with Crippen molar-refractivity contribution in [2.24, 2.45) is 5.92 Å². The van der Waals surface area contributed by atoms with E-state index in [1.165, 1.54) is 0 Å². The summed E-state index contributed by atoms with van der Waals surface area (Å²) in [6.45, 7) is 1.91. The van der Waals surface area contributed by atoms with Gasteiger partial charge in [-0.05, 0) is 23.8 Å². The van der Waals surface area contributed by atoms with Gasteiger partial charge in [0.2, 0.25) is 5.91 Å². The van der Waals surface area contributed by atoms with Crippen molar-refractivity contribution in [3.63, 3.8) is 0 Å². The molecule has 1 fully saturated rings. The second kappa shape index (κ2) is 6.68. The standard InChI is InChI=1S/C18H18N4O2S/c1-24-14-5-2-6-15-16(14)21-18(25-15)22-10-13(11-22)17(23)20-9-12-4-3-7-19-8-12/h2-8,13H,9-11H2,1H3,(H,20,23). The van der Waals surface area contributed by atoms with Crippen molar-refractivity contribution >= 4 is 32.6 Å². The van der Waals surface area contributed by atoms with Crippen LogP contribution in [0.15, 0.2) is 42.7 Å². The van der Waals surface area contributed by atoms with Gasteiger partial charge in [0.25, 0.3) is 0 Å². The fourth-order valence-electron chi connectivity index (χ4n) is 2.85. The molecule has 25 heavy (non-hydrogen) atoms. The molecule has 0 atom stereocenters. The van der Waals surface area contributed by atoms with E-state index in [1.54, 1.807) is 30.8 Å². The lowest BCUT2D eigenvalue weighted by molar-refractivity contribution is -0.125. The van der Waals surface area contributed by atoms with Gasteiger partial charge in [-0.2, -0.15) is 0 Å². The number of carbonyl (C=O) groups excluding carboxylic acids is 1. The normalized spacial score (nSPS) is 14.4. The van der Waals surface area contributed by atoms with Crippen LogP contribution in [0, 0.1) is 5.92 Å². The quantitative estimate of drug-likeness (QED) is 0.762. The molecule has 1 aromatic carbocycles. The Hall–Kier alpha value is -2.67. The molecule has 4 rings (SSSR count). The second-order valence-corrected chi connectivity index (χ2v) is 6.99. The number of thiazole rings is 1. The largest absolute Gasteiger partial charge is 0.494 e. The van der Waals surface area contributed by atoms with Crippen LogP contribution in [0.1, 0.15) is 5.56 Å². The number of benzene rings is 1. The first-order valence-corrected chi connectivity index (χ1v) is 8.91. The molecule has 1 saturated heterocycles. The summed E-state index contributed by atoms with van der Waals surface area (Å²) in [6, 6.07) is 9.74. The number of nitrogens with one attached hydrogen (secondary N) is 1. The van der Waals surface area contributed by atoms with Crippen LogP contribution >= 0.6 is 11.3 Å². The van der Waals surface area contributed by atoms with E-state index in [-0.39, 0.29) is 11.8 Å². The second-order valence-electron chi connectivity index (χ2n) is 5.98. The predicted molar refractivity (Wildman–Crippen MR) is 98.0 cm³/mol. The summed E-state index contributed by atoms with van der Waals surface area (Å²) in [5, 5.41) is 3.92. The van der Waals surface area contributed by atoms with E-state index in [0.717, 1.165) is 26.7 Å². The van der Waals surface area contributed by atoms with Crippen molar-refractivity contribution in [2.75, 3.05) is 25.1 Å². The molecule has 0 unspecified atom stereocenters. The molecular formula is C18H18N4O2S. The SMILES string of the molecule is COc1cccc2sc(N3CC(C(=O)NCc4cccnc4)C3)nc12.